The van der Waals surface area contributed by atoms with Gasteiger partial charge in [0.25, 0.3) is 0 Å². The maximum absolute atomic E-state index is 11.9. The summed E-state index contributed by atoms with van der Waals surface area (Å²) in [7, 11) is 0. The van der Waals surface area contributed by atoms with E-state index < -0.39 is 0 Å². The number of primary amides is 1. The molecule has 5 rings (SSSR count). The molecule has 36 heavy (non-hydrogen) atoms. The van der Waals surface area contributed by atoms with Gasteiger partial charge in [0.1, 0.15) is 11.6 Å². The number of amides is 1. The van der Waals surface area contributed by atoms with Gasteiger partial charge in [-0.15, -0.1) is 0 Å². The number of carbonyl (C=O) groups is 1. The average Bonchev–Trinajstić information content (AvgIpc) is 3.48. The van der Waals surface area contributed by atoms with Crippen molar-refractivity contribution in [2.75, 3.05) is 6.54 Å². The zero-order valence-electron chi connectivity index (χ0n) is 20.2. The molecular formula is C26H27Cl2N7O. The summed E-state index contributed by atoms with van der Waals surface area (Å²) < 4.78 is 1.71. The Balaban J connectivity index is 1.49. The number of hydrogen-bond donors (Lipinski definition) is 1. The fourth-order valence-electron chi connectivity index (χ4n) is 5.61. The predicted octanol–water partition coefficient (Wildman–Crippen LogP) is 4.75. The molecule has 3 aromatic rings. The molecule has 3 heterocycles. The SMILES string of the molecule is CC1CC(c2cnc3c(C#N)nn([C@H](C)c4ccc(Cl)cc4Cl)c3n2)=CCC1N1CCC[C@H]1C(N)=O. The Morgan fingerprint density at radius 1 is 1.33 bits per heavy atom. The van der Waals surface area contributed by atoms with Crippen molar-refractivity contribution in [1.29, 1.82) is 5.26 Å². The second-order valence-corrected chi connectivity index (χ2v) is 10.5. The van der Waals surface area contributed by atoms with Gasteiger partial charge < -0.3 is 5.73 Å². The van der Waals surface area contributed by atoms with E-state index in [-0.39, 0.29) is 29.7 Å². The van der Waals surface area contributed by atoms with E-state index in [1.54, 1.807) is 23.0 Å². The number of rotatable bonds is 5. The van der Waals surface area contributed by atoms with Crippen LogP contribution in [0.2, 0.25) is 10.0 Å². The van der Waals surface area contributed by atoms with E-state index in [0.29, 0.717) is 27.1 Å². The van der Waals surface area contributed by atoms with Crippen LogP contribution in [0.5, 0.6) is 0 Å². The van der Waals surface area contributed by atoms with Gasteiger partial charge in [0.05, 0.1) is 24.0 Å². The van der Waals surface area contributed by atoms with Crippen molar-refractivity contribution in [3.8, 4) is 6.07 Å². The lowest BCUT2D eigenvalue weighted by Gasteiger charge is -2.38. The van der Waals surface area contributed by atoms with E-state index in [4.69, 9.17) is 33.9 Å². The molecule has 2 aromatic heterocycles. The Kier molecular flexibility index (Phi) is 6.73. The lowest BCUT2D eigenvalue weighted by atomic mass is 9.83. The summed E-state index contributed by atoms with van der Waals surface area (Å²) in [6.07, 6.45) is 7.37. The standard InChI is InChI=1S/C26H27Cl2N7O/c1-14-10-16(5-8-22(14)34-9-3-4-23(34)25(30)36)21-13-31-24-20(12-29)33-35(26(24)32-21)15(2)18-7-6-17(27)11-19(18)28/h5-7,11,13-15,22-23H,3-4,8-10H2,1-2H3,(H2,30,36)/t14?,15-,22?,23+/m1/s1. The molecule has 2 unspecified atom stereocenters. The van der Waals surface area contributed by atoms with E-state index in [2.05, 4.69) is 34.1 Å². The Labute approximate surface area is 219 Å². The molecule has 0 spiro atoms. The lowest BCUT2D eigenvalue weighted by Crippen LogP contribution is -2.48. The molecule has 4 atom stereocenters. The molecule has 0 saturated carbocycles. The molecule has 1 aliphatic carbocycles. The third-order valence-electron chi connectivity index (χ3n) is 7.47. The highest BCUT2D eigenvalue weighted by atomic mass is 35.5. The van der Waals surface area contributed by atoms with Crippen LogP contribution in [-0.4, -0.2) is 49.2 Å². The zero-order valence-corrected chi connectivity index (χ0v) is 21.7. The minimum atomic E-state index is -0.284. The van der Waals surface area contributed by atoms with Crippen LogP contribution >= 0.6 is 23.2 Å². The number of fused-ring (bicyclic) bond motifs is 1. The first-order valence-corrected chi connectivity index (χ1v) is 12.9. The minimum absolute atomic E-state index is 0.177. The molecule has 2 aliphatic rings. The van der Waals surface area contributed by atoms with Crippen LogP contribution in [0.4, 0.5) is 0 Å². The number of aromatic nitrogens is 4. The van der Waals surface area contributed by atoms with E-state index >= 15 is 0 Å². The smallest absolute Gasteiger partial charge is 0.234 e. The third kappa shape index (κ3) is 4.36. The van der Waals surface area contributed by atoms with Crippen molar-refractivity contribution in [1.82, 2.24) is 24.6 Å². The number of allylic oxidation sites excluding steroid dienone is 1. The number of nitrogens with zero attached hydrogens (tertiary/aromatic N) is 6. The number of likely N-dealkylation sites (tertiary alicyclic amines) is 1. The van der Waals surface area contributed by atoms with Gasteiger partial charge in [-0.3, -0.25) is 9.69 Å². The topological polar surface area (TPSA) is 114 Å². The molecule has 1 saturated heterocycles. The van der Waals surface area contributed by atoms with Crippen molar-refractivity contribution < 1.29 is 4.79 Å². The second-order valence-electron chi connectivity index (χ2n) is 9.69. The molecule has 10 heteroatoms. The number of nitrogens with two attached hydrogens (primary N) is 1. The average molecular weight is 524 g/mol. The number of carbonyl (C=O) groups excluding carboxylic acids is 1. The summed E-state index contributed by atoms with van der Waals surface area (Å²) >= 11 is 12.5. The van der Waals surface area contributed by atoms with Crippen molar-refractivity contribution in [2.45, 2.75) is 57.7 Å². The monoisotopic (exact) mass is 523 g/mol. The van der Waals surface area contributed by atoms with Crippen molar-refractivity contribution in [2.24, 2.45) is 11.7 Å². The maximum atomic E-state index is 11.9. The summed E-state index contributed by atoms with van der Waals surface area (Å²) in [4.78, 5) is 23.7. The van der Waals surface area contributed by atoms with Gasteiger partial charge in [-0.2, -0.15) is 10.4 Å². The largest absolute Gasteiger partial charge is 0.368 e. The highest BCUT2D eigenvalue weighted by Crippen LogP contribution is 2.37. The van der Waals surface area contributed by atoms with E-state index in [1.165, 1.54) is 0 Å². The van der Waals surface area contributed by atoms with Crippen LogP contribution in [0.1, 0.15) is 62.5 Å². The summed E-state index contributed by atoms with van der Waals surface area (Å²) in [5, 5.41) is 15.2. The summed E-state index contributed by atoms with van der Waals surface area (Å²) in [5.74, 6) is 0.0936. The van der Waals surface area contributed by atoms with Crippen LogP contribution < -0.4 is 5.73 Å². The van der Waals surface area contributed by atoms with Crippen LogP contribution in [0.15, 0.2) is 30.5 Å². The number of benzene rings is 1. The number of nitriles is 1. The molecule has 1 aromatic carbocycles. The summed E-state index contributed by atoms with van der Waals surface area (Å²) in [6.45, 7) is 5.07. The molecule has 1 aliphatic heterocycles. The van der Waals surface area contributed by atoms with Gasteiger partial charge >= 0.3 is 0 Å². The molecule has 0 bridgehead atoms. The summed E-state index contributed by atoms with van der Waals surface area (Å²) in [5.41, 5.74) is 9.57. The Morgan fingerprint density at radius 2 is 2.14 bits per heavy atom. The zero-order chi connectivity index (χ0) is 25.6. The van der Waals surface area contributed by atoms with Gasteiger partial charge in [-0.05, 0) is 68.3 Å². The lowest BCUT2D eigenvalue weighted by molar-refractivity contribution is -0.123. The van der Waals surface area contributed by atoms with E-state index in [9.17, 15) is 10.1 Å². The van der Waals surface area contributed by atoms with Crippen LogP contribution in [0.3, 0.4) is 0 Å². The van der Waals surface area contributed by atoms with Crippen LogP contribution in [0, 0.1) is 17.2 Å². The van der Waals surface area contributed by atoms with Crippen molar-refractivity contribution in [3.63, 3.8) is 0 Å². The normalized spacial score (nSPS) is 23.4. The quantitative estimate of drug-likeness (QED) is 0.516. The third-order valence-corrected chi connectivity index (χ3v) is 8.03. The van der Waals surface area contributed by atoms with Gasteiger partial charge in [0.2, 0.25) is 5.91 Å². The van der Waals surface area contributed by atoms with E-state index in [1.807, 2.05) is 13.0 Å². The fourth-order valence-corrected chi connectivity index (χ4v) is 6.17. The van der Waals surface area contributed by atoms with Gasteiger partial charge in [0, 0.05) is 16.1 Å². The van der Waals surface area contributed by atoms with Gasteiger partial charge in [0.15, 0.2) is 11.3 Å². The number of hydrogen-bond acceptors (Lipinski definition) is 6. The predicted molar refractivity (Wildman–Crippen MR) is 139 cm³/mol. The first-order valence-electron chi connectivity index (χ1n) is 12.1. The van der Waals surface area contributed by atoms with E-state index in [0.717, 1.165) is 49.1 Å². The van der Waals surface area contributed by atoms with Crippen LogP contribution in [0.25, 0.3) is 16.7 Å². The van der Waals surface area contributed by atoms with Crippen molar-refractivity contribution in [3.05, 3.63) is 57.5 Å². The summed E-state index contributed by atoms with van der Waals surface area (Å²) in [6, 6.07) is 7.27. The first-order chi connectivity index (χ1) is 17.3. The second kappa shape index (κ2) is 9.81. The van der Waals surface area contributed by atoms with Gasteiger partial charge in [-0.25, -0.2) is 14.6 Å². The van der Waals surface area contributed by atoms with Crippen LogP contribution in [-0.2, 0) is 4.79 Å². The fraction of sp³-hybridized carbons (Fsp3) is 0.423. The minimum Gasteiger partial charge on any atom is -0.368 e. The van der Waals surface area contributed by atoms with Crippen molar-refractivity contribution >= 4 is 45.8 Å². The Bertz CT molecular complexity index is 1410. The molecular weight excluding hydrogens is 497 g/mol. The highest BCUT2D eigenvalue weighted by Gasteiger charge is 2.37. The maximum Gasteiger partial charge on any atom is 0.234 e. The molecule has 1 amide bonds. The molecule has 8 nitrogen and oxygen atoms in total. The molecule has 2 N–H and O–H groups in total. The highest BCUT2D eigenvalue weighted by molar-refractivity contribution is 6.35. The molecule has 0 radical (unpaired) electrons. The first kappa shape index (κ1) is 24.7. The molecule has 186 valence electrons. The molecule has 1 fully saturated rings. The Hall–Kier alpha value is -2.99. The number of halogens is 2. The van der Waals surface area contributed by atoms with Gasteiger partial charge in [-0.1, -0.05) is 42.3 Å². The Morgan fingerprint density at radius 3 is 2.83 bits per heavy atom.